The first-order chi connectivity index (χ1) is 16.1. The fourth-order valence-electron chi connectivity index (χ4n) is 3.88. The van der Waals surface area contributed by atoms with Gasteiger partial charge in [0.05, 0.1) is 13.1 Å². The molecule has 33 heavy (non-hydrogen) atoms. The van der Waals surface area contributed by atoms with Crippen LogP contribution in [0.5, 0.6) is 0 Å². The van der Waals surface area contributed by atoms with Crippen LogP contribution in [0.1, 0.15) is 33.3 Å². The quantitative estimate of drug-likeness (QED) is 0.444. The minimum Gasteiger partial charge on any atom is -0.459 e. The fraction of sp³-hybridized carbons (Fsp3) is 0.115. The Morgan fingerprint density at radius 3 is 2.39 bits per heavy atom. The third-order valence-corrected chi connectivity index (χ3v) is 5.63. The number of para-hydroxylation sites is 1. The average molecular weight is 439 g/mol. The van der Waals surface area contributed by atoms with E-state index in [-0.39, 0.29) is 24.9 Å². The van der Waals surface area contributed by atoms with E-state index < -0.39 is 12.1 Å². The zero-order chi connectivity index (χ0) is 22.8. The molecule has 2 N–H and O–H groups in total. The van der Waals surface area contributed by atoms with Crippen LogP contribution in [0.15, 0.2) is 89.3 Å². The number of rotatable bonds is 6. The van der Waals surface area contributed by atoms with Crippen LogP contribution in [-0.4, -0.2) is 29.3 Å². The number of carbonyl (C=O) groups is 3. The summed E-state index contributed by atoms with van der Waals surface area (Å²) >= 11 is 0. The summed E-state index contributed by atoms with van der Waals surface area (Å²) in [6.45, 7) is 0.181. The highest BCUT2D eigenvalue weighted by Crippen LogP contribution is 2.28. The lowest BCUT2D eigenvalue weighted by molar-refractivity contribution is -0.125. The third kappa shape index (κ3) is 4.21. The van der Waals surface area contributed by atoms with Crippen molar-refractivity contribution in [3.63, 3.8) is 0 Å². The van der Waals surface area contributed by atoms with E-state index in [0.717, 1.165) is 27.0 Å². The molecular weight excluding hydrogens is 418 g/mol. The van der Waals surface area contributed by atoms with Crippen molar-refractivity contribution in [3.05, 3.63) is 107 Å². The van der Waals surface area contributed by atoms with Crippen LogP contribution in [0.3, 0.4) is 0 Å². The maximum Gasteiger partial charge on any atom is 0.324 e. The number of imide groups is 1. The first kappa shape index (κ1) is 20.5. The second-order valence-corrected chi connectivity index (χ2v) is 7.84. The van der Waals surface area contributed by atoms with Gasteiger partial charge in [-0.25, -0.2) is 4.79 Å². The lowest BCUT2D eigenvalue weighted by Crippen LogP contribution is -2.30. The topological polar surface area (TPSA) is 91.7 Å². The second kappa shape index (κ2) is 8.63. The standard InChI is InChI=1S/C26H21N3O4/c30-23-15-27-26(32)29(23)16-17-10-12-19(13-11-17)25(31)28-24(18-6-2-1-3-7-18)22-14-20-8-4-5-9-21(20)33-22/h1-14,24H,15-16H2,(H,27,32)(H,28,31). The van der Waals surface area contributed by atoms with Crippen molar-refractivity contribution in [3.8, 4) is 0 Å². The van der Waals surface area contributed by atoms with Crippen molar-refractivity contribution in [2.45, 2.75) is 12.6 Å². The molecule has 4 aromatic rings. The molecule has 0 spiro atoms. The van der Waals surface area contributed by atoms with Crippen molar-refractivity contribution in [2.75, 3.05) is 6.54 Å². The SMILES string of the molecule is O=C(NC(c1ccccc1)c1cc2ccccc2o1)c1ccc(CN2C(=O)CNC2=O)cc1. The van der Waals surface area contributed by atoms with E-state index in [0.29, 0.717) is 11.3 Å². The summed E-state index contributed by atoms with van der Waals surface area (Å²) < 4.78 is 6.04. The van der Waals surface area contributed by atoms with Gasteiger partial charge in [-0.05, 0) is 35.4 Å². The first-order valence-corrected chi connectivity index (χ1v) is 10.6. The Kier molecular flexibility index (Phi) is 5.36. The Balaban J connectivity index is 1.37. The molecule has 4 amide bonds. The van der Waals surface area contributed by atoms with E-state index >= 15 is 0 Å². The van der Waals surface area contributed by atoms with E-state index in [2.05, 4.69) is 10.6 Å². The van der Waals surface area contributed by atoms with Gasteiger partial charge in [-0.1, -0.05) is 60.7 Å². The second-order valence-electron chi connectivity index (χ2n) is 7.84. The summed E-state index contributed by atoms with van der Waals surface area (Å²) in [5.74, 6) is 0.120. The number of carbonyl (C=O) groups excluding carboxylic acids is 3. The van der Waals surface area contributed by atoms with Gasteiger partial charge in [0.25, 0.3) is 5.91 Å². The van der Waals surface area contributed by atoms with Gasteiger partial charge in [0.1, 0.15) is 17.4 Å². The Morgan fingerprint density at radius 1 is 0.970 bits per heavy atom. The lowest BCUT2D eigenvalue weighted by Gasteiger charge is -2.17. The smallest absolute Gasteiger partial charge is 0.324 e. The van der Waals surface area contributed by atoms with Crippen molar-refractivity contribution in [2.24, 2.45) is 0 Å². The Labute approximate surface area is 190 Å². The van der Waals surface area contributed by atoms with E-state index in [1.165, 1.54) is 0 Å². The molecule has 1 saturated heterocycles. The average Bonchev–Trinajstić information content (AvgIpc) is 3.42. The molecule has 7 nitrogen and oxygen atoms in total. The lowest BCUT2D eigenvalue weighted by atomic mass is 10.0. The van der Waals surface area contributed by atoms with Crippen molar-refractivity contribution < 1.29 is 18.8 Å². The number of benzene rings is 3. The molecule has 0 saturated carbocycles. The predicted molar refractivity (Wildman–Crippen MR) is 122 cm³/mol. The van der Waals surface area contributed by atoms with Crippen LogP contribution in [0, 0.1) is 0 Å². The van der Waals surface area contributed by atoms with E-state index in [1.54, 1.807) is 24.3 Å². The predicted octanol–water partition coefficient (Wildman–Crippen LogP) is 4.00. The Morgan fingerprint density at radius 2 is 1.70 bits per heavy atom. The monoisotopic (exact) mass is 439 g/mol. The fourth-order valence-corrected chi connectivity index (χ4v) is 3.88. The summed E-state index contributed by atoms with van der Waals surface area (Å²) in [5, 5.41) is 6.53. The van der Waals surface area contributed by atoms with Gasteiger partial charge in [-0.2, -0.15) is 0 Å². The number of furan rings is 1. The summed E-state index contributed by atoms with van der Waals surface area (Å²) in [6.07, 6.45) is 0. The van der Waals surface area contributed by atoms with Gasteiger partial charge in [-0.15, -0.1) is 0 Å². The van der Waals surface area contributed by atoms with Gasteiger partial charge >= 0.3 is 6.03 Å². The molecule has 1 unspecified atom stereocenters. The van der Waals surface area contributed by atoms with E-state index in [9.17, 15) is 14.4 Å². The molecule has 3 aromatic carbocycles. The van der Waals surface area contributed by atoms with Crippen LogP contribution in [0.4, 0.5) is 4.79 Å². The van der Waals surface area contributed by atoms with Crippen molar-refractivity contribution in [1.82, 2.24) is 15.5 Å². The molecule has 0 bridgehead atoms. The Hall–Kier alpha value is -4.39. The maximum absolute atomic E-state index is 13.1. The number of amides is 4. The van der Waals surface area contributed by atoms with Gasteiger partial charge in [0, 0.05) is 10.9 Å². The highest BCUT2D eigenvalue weighted by atomic mass is 16.3. The Bertz CT molecular complexity index is 1280. The van der Waals surface area contributed by atoms with Crippen LogP contribution < -0.4 is 10.6 Å². The zero-order valence-corrected chi connectivity index (χ0v) is 17.7. The molecule has 1 aliphatic heterocycles. The molecule has 0 radical (unpaired) electrons. The first-order valence-electron chi connectivity index (χ1n) is 10.6. The number of hydrogen-bond acceptors (Lipinski definition) is 4. The molecule has 2 heterocycles. The summed E-state index contributed by atoms with van der Waals surface area (Å²) in [6, 6.07) is 25.3. The molecular formula is C26H21N3O4. The number of nitrogens with one attached hydrogen (secondary N) is 2. The highest BCUT2D eigenvalue weighted by Gasteiger charge is 2.28. The van der Waals surface area contributed by atoms with Gasteiger partial charge in [-0.3, -0.25) is 14.5 Å². The van der Waals surface area contributed by atoms with Crippen LogP contribution in [-0.2, 0) is 11.3 Å². The normalized spacial score (nSPS) is 14.4. The number of urea groups is 1. The van der Waals surface area contributed by atoms with Gasteiger partial charge in [0.15, 0.2) is 0 Å². The molecule has 164 valence electrons. The molecule has 1 fully saturated rings. The minimum absolute atomic E-state index is 0.0159. The molecule has 7 heteroatoms. The van der Waals surface area contributed by atoms with Crippen LogP contribution in [0.2, 0.25) is 0 Å². The highest BCUT2D eigenvalue weighted by molar-refractivity contribution is 6.01. The van der Waals surface area contributed by atoms with E-state index in [1.807, 2.05) is 60.7 Å². The van der Waals surface area contributed by atoms with Crippen LogP contribution in [0.25, 0.3) is 11.0 Å². The number of nitrogens with zero attached hydrogens (tertiary/aromatic N) is 1. The van der Waals surface area contributed by atoms with Crippen molar-refractivity contribution >= 4 is 28.8 Å². The summed E-state index contributed by atoms with van der Waals surface area (Å²) in [5.41, 5.74) is 2.88. The van der Waals surface area contributed by atoms with Crippen LogP contribution >= 0.6 is 0 Å². The number of hydrogen-bond donors (Lipinski definition) is 2. The number of fused-ring (bicyclic) bond motifs is 1. The zero-order valence-electron chi connectivity index (χ0n) is 17.7. The van der Waals surface area contributed by atoms with E-state index in [4.69, 9.17) is 4.42 Å². The molecule has 1 aliphatic rings. The molecule has 0 aliphatic carbocycles. The van der Waals surface area contributed by atoms with Gasteiger partial charge < -0.3 is 15.1 Å². The molecule has 5 rings (SSSR count). The largest absolute Gasteiger partial charge is 0.459 e. The molecule has 1 aromatic heterocycles. The summed E-state index contributed by atoms with van der Waals surface area (Å²) in [7, 11) is 0. The summed E-state index contributed by atoms with van der Waals surface area (Å²) in [4.78, 5) is 37.8. The third-order valence-electron chi connectivity index (χ3n) is 5.63. The van der Waals surface area contributed by atoms with Gasteiger partial charge in [0.2, 0.25) is 5.91 Å². The maximum atomic E-state index is 13.1. The minimum atomic E-state index is -0.461. The molecule has 1 atom stereocenters. The van der Waals surface area contributed by atoms with Crippen molar-refractivity contribution in [1.29, 1.82) is 0 Å².